The molecule has 1 aromatic carbocycles. The van der Waals surface area contributed by atoms with Crippen LogP contribution in [0.15, 0.2) is 42.6 Å². The first-order valence-corrected chi connectivity index (χ1v) is 5.41. The quantitative estimate of drug-likeness (QED) is 0.480. The van der Waals surface area contributed by atoms with Gasteiger partial charge in [0.1, 0.15) is 6.07 Å². The van der Waals surface area contributed by atoms with Gasteiger partial charge in [0.05, 0.1) is 9.85 Å². The van der Waals surface area contributed by atoms with E-state index >= 15 is 0 Å². The Morgan fingerprint density at radius 1 is 1.05 bits per heavy atom. The summed E-state index contributed by atoms with van der Waals surface area (Å²) < 4.78 is 1.61. The van der Waals surface area contributed by atoms with Gasteiger partial charge < -0.3 is 0 Å². The molecule has 7 nitrogen and oxygen atoms in total. The predicted molar refractivity (Wildman–Crippen MR) is 66.0 cm³/mol. The Balaban J connectivity index is 2.67. The first-order valence-electron chi connectivity index (χ1n) is 5.41. The molecule has 1 heterocycles. The third-order valence-corrected chi connectivity index (χ3v) is 2.69. The molecule has 0 saturated heterocycles. The van der Waals surface area contributed by atoms with E-state index in [9.17, 15) is 20.2 Å². The van der Waals surface area contributed by atoms with E-state index in [0.717, 1.165) is 11.8 Å². The summed E-state index contributed by atoms with van der Waals surface area (Å²) in [6, 6.07) is 8.94. The van der Waals surface area contributed by atoms with Crippen molar-refractivity contribution in [2.45, 2.75) is 6.92 Å². The molecule has 0 N–H and O–H groups in total. The second-order valence-electron chi connectivity index (χ2n) is 3.90. The Morgan fingerprint density at radius 2 is 1.79 bits per heavy atom. The molecule has 0 aliphatic heterocycles. The summed E-state index contributed by atoms with van der Waals surface area (Å²) in [5.74, 6) is 0. The first-order chi connectivity index (χ1) is 9.00. The highest BCUT2D eigenvalue weighted by Gasteiger charge is 2.26. The van der Waals surface area contributed by atoms with Crippen LogP contribution in [0.2, 0.25) is 0 Å². The van der Waals surface area contributed by atoms with Gasteiger partial charge in [0.15, 0.2) is 11.9 Å². The van der Waals surface area contributed by atoms with Crippen LogP contribution in [-0.2, 0) is 0 Å². The zero-order chi connectivity index (χ0) is 14.0. The summed E-state index contributed by atoms with van der Waals surface area (Å²) in [5.41, 5.74) is 0.492. The van der Waals surface area contributed by atoms with Crippen molar-refractivity contribution in [3.8, 4) is 5.69 Å². The molecule has 2 rings (SSSR count). The van der Waals surface area contributed by atoms with Crippen molar-refractivity contribution in [3.05, 3.63) is 68.5 Å². The molecule has 0 unspecified atom stereocenters. The highest BCUT2D eigenvalue weighted by atomic mass is 16.6. The van der Waals surface area contributed by atoms with Gasteiger partial charge in [0.25, 0.3) is 11.4 Å². The number of benzene rings is 1. The van der Waals surface area contributed by atoms with E-state index < -0.39 is 9.85 Å². The summed E-state index contributed by atoms with van der Waals surface area (Å²) in [6.45, 7) is 1.80. The van der Waals surface area contributed by atoms with E-state index in [1.165, 1.54) is 12.1 Å². The van der Waals surface area contributed by atoms with Gasteiger partial charge in [-0.15, -0.1) is 0 Å². The Morgan fingerprint density at radius 3 is 2.37 bits per heavy atom. The Bertz CT molecular complexity index is 670. The van der Waals surface area contributed by atoms with Crippen LogP contribution < -0.4 is 4.57 Å². The third-order valence-electron chi connectivity index (χ3n) is 2.69. The van der Waals surface area contributed by atoms with Crippen LogP contribution in [-0.4, -0.2) is 9.85 Å². The van der Waals surface area contributed by atoms with Crippen molar-refractivity contribution in [2.75, 3.05) is 0 Å². The fourth-order valence-electron chi connectivity index (χ4n) is 1.77. The molecular formula is C12H10N3O4+. The highest BCUT2D eigenvalue weighted by molar-refractivity contribution is 5.53. The lowest BCUT2D eigenvalue weighted by Gasteiger charge is -2.00. The second kappa shape index (κ2) is 4.81. The van der Waals surface area contributed by atoms with E-state index in [0.29, 0.717) is 5.69 Å². The smallest absolute Gasteiger partial charge is 0.258 e. The summed E-state index contributed by atoms with van der Waals surface area (Å²) >= 11 is 0. The Labute approximate surface area is 108 Å². The number of nitro groups is 2. The normalized spacial score (nSPS) is 10.2. The molecular weight excluding hydrogens is 250 g/mol. The van der Waals surface area contributed by atoms with E-state index in [1.807, 2.05) is 6.07 Å². The largest absolute Gasteiger partial charge is 0.347 e. The maximum atomic E-state index is 11.1. The number of pyridine rings is 1. The molecule has 0 radical (unpaired) electrons. The lowest BCUT2D eigenvalue weighted by Crippen LogP contribution is -2.34. The number of aromatic nitrogens is 1. The summed E-state index contributed by atoms with van der Waals surface area (Å²) in [5, 5.41) is 21.7. The van der Waals surface area contributed by atoms with Crippen molar-refractivity contribution in [1.29, 1.82) is 0 Å². The van der Waals surface area contributed by atoms with Crippen molar-refractivity contribution in [2.24, 2.45) is 0 Å². The lowest BCUT2D eigenvalue weighted by molar-refractivity contribution is -0.607. The van der Waals surface area contributed by atoms with Gasteiger partial charge in [-0.2, -0.15) is 4.57 Å². The lowest BCUT2D eigenvalue weighted by atomic mass is 10.2. The maximum absolute atomic E-state index is 11.1. The number of non-ortho nitro benzene ring substituents is 1. The fourth-order valence-corrected chi connectivity index (χ4v) is 1.77. The van der Waals surface area contributed by atoms with Crippen LogP contribution in [0.3, 0.4) is 0 Å². The Hall–Kier alpha value is -2.83. The molecule has 0 atom stereocenters. The summed E-state index contributed by atoms with van der Waals surface area (Å²) in [4.78, 5) is 20.4. The van der Waals surface area contributed by atoms with E-state index in [2.05, 4.69) is 0 Å². The fraction of sp³-hybridized carbons (Fsp3) is 0.0833. The maximum Gasteiger partial charge on any atom is 0.347 e. The molecule has 0 fully saturated rings. The minimum Gasteiger partial charge on any atom is -0.258 e. The van der Waals surface area contributed by atoms with Gasteiger partial charge in [-0.3, -0.25) is 20.2 Å². The van der Waals surface area contributed by atoms with Gasteiger partial charge in [0.2, 0.25) is 0 Å². The van der Waals surface area contributed by atoms with Crippen molar-refractivity contribution in [1.82, 2.24) is 0 Å². The van der Waals surface area contributed by atoms with Crippen molar-refractivity contribution < 1.29 is 14.4 Å². The zero-order valence-electron chi connectivity index (χ0n) is 10.0. The van der Waals surface area contributed by atoms with Crippen LogP contribution >= 0.6 is 0 Å². The van der Waals surface area contributed by atoms with Gasteiger partial charge in [-0.25, -0.2) is 0 Å². The van der Waals surface area contributed by atoms with Crippen LogP contribution in [0.5, 0.6) is 0 Å². The van der Waals surface area contributed by atoms with E-state index in [-0.39, 0.29) is 11.4 Å². The molecule has 19 heavy (non-hydrogen) atoms. The number of nitrogens with zero attached hydrogens (tertiary/aromatic N) is 3. The monoisotopic (exact) mass is 260 g/mol. The molecule has 96 valence electrons. The topological polar surface area (TPSA) is 90.2 Å². The van der Waals surface area contributed by atoms with Gasteiger partial charge in [-0.05, 0) is 0 Å². The number of nitro benzene ring substituents is 2. The number of aryl methyl sites for hydroxylation is 1. The summed E-state index contributed by atoms with van der Waals surface area (Å²) in [7, 11) is 0. The van der Waals surface area contributed by atoms with Crippen molar-refractivity contribution in [3.63, 3.8) is 0 Å². The third kappa shape index (κ3) is 2.39. The second-order valence-corrected chi connectivity index (χ2v) is 3.90. The molecule has 0 amide bonds. The zero-order valence-corrected chi connectivity index (χ0v) is 10.0. The van der Waals surface area contributed by atoms with Gasteiger partial charge in [0, 0.05) is 31.2 Å². The highest BCUT2D eigenvalue weighted by Crippen LogP contribution is 2.24. The number of hydrogen-bond acceptors (Lipinski definition) is 4. The minimum absolute atomic E-state index is 0.298. The van der Waals surface area contributed by atoms with Crippen LogP contribution in [0.1, 0.15) is 5.69 Å². The molecule has 0 spiro atoms. The molecule has 1 aromatic heterocycles. The van der Waals surface area contributed by atoms with E-state index in [1.54, 1.807) is 29.8 Å². The molecule has 0 aliphatic carbocycles. The molecule has 0 aliphatic rings. The summed E-state index contributed by atoms with van der Waals surface area (Å²) in [6.07, 6.45) is 1.67. The van der Waals surface area contributed by atoms with Crippen LogP contribution in [0.4, 0.5) is 11.4 Å². The predicted octanol–water partition coefficient (Wildman–Crippen LogP) is 2.09. The van der Waals surface area contributed by atoms with Crippen LogP contribution in [0, 0.1) is 27.2 Å². The van der Waals surface area contributed by atoms with E-state index in [4.69, 9.17) is 0 Å². The Kier molecular flexibility index (Phi) is 3.19. The molecule has 2 aromatic rings. The average Bonchev–Trinajstić information content (AvgIpc) is 2.38. The van der Waals surface area contributed by atoms with Gasteiger partial charge >= 0.3 is 5.69 Å². The molecule has 0 saturated carbocycles. The van der Waals surface area contributed by atoms with Crippen LogP contribution in [0.25, 0.3) is 5.69 Å². The first kappa shape index (κ1) is 12.6. The molecule has 7 heteroatoms. The van der Waals surface area contributed by atoms with Gasteiger partial charge in [-0.1, -0.05) is 6.07 Å². The number of rotatable bonds is 3. The average molecular weight is 260 g/mol. The molecule has 0 bridgehead atoms. The standard InChI is InChI=1S/C12H10N3O4/c1-9-4-2-3-7-13(9)11-6-5-10(14(16)17)8-12(11)15(18)19/h2-8H,1H3/q+1. The number of hydrogen-bond donors (Lipinski definition) is 0. The minimum atomic E-state index is -0.653. The SMILES string of the molecule is Cc1cccc[n+]1-c1ccc([N+](=O)[O-])cc1[N+](=O)[O-]. The van der Waals surface area contributed by atoms with Crippen molar-refractivity contribution >= 4 is 11.4 Å².